The Kier molecular flexibility index (Phi) is 9.59. The summed E-state index contributed by atoms with van der Waals surface area (Å²) in [6.45, 7) is 0. The number of carbonyl (C=O) groups is 2. The number of amides is 1. The number of carbonyl (C=O) groups excluding carboxylic acids is 2. The average molecular weight is 709 g/mol. The van der Waals surface area contributed by atoms with E-state index in [0.717, 1.165) is 36.2 Å². The second kappa shape index (κ2) is 14.0. The Morgan fingerprint density at radius 3 is 2.54 bits per heavy atom. The number of furan rings is 1. The van der Waals surface area contributed by atoms with Gasteiger partial charge in [0, 0.05) is 31.4 Å². The molecule has 5 aromatic rings. The van der Waals surface area contributed by atoms with Crippen molar-refractivity contribution in [2.24, 2.45) is 7.05 Å². The smallest absolute Gasteiger partial charge is 0.335 e. The topological polar surface area (TPSA) is 184 Å². The molecule has 1 aromatic carbocycles. The lowest BCUT2D eigenvalue weighted by Gasteiger charge is -2.25. The summed E-state index contributed by atoms with van der Waals surface area (Å²) in [5.74, 6) is -4.55. The largest absolute Gasteiger partial charge is 0.461 e. The fraction of sp³-hybridized carbons (Fsp3) is 0.273. The molecule has 50 heavy (non-hydrogen) atoms. The van der Waals surface area contributed by atoms with Gasteiger partial charge in [-0.05, 0) is 62.1 Å². The average Bonchev–Trinajstić information content (AvgIpc) is 3.66. The number of halogens is 2. The van der Waals surface area contributed by atoms with Gasteiger partial charge in [-0.1, -0.05) is 6.42 Å². The van der Waals surface area contributed by atoms with Crippen LogP contribution >= 0.6 is 0 Å². The first-order valence-electron chi connectivity index (χ1n) is 15.5. The summed E-state index contributed by atoms with van der Waals surface area (Å²) in [4.78, 5) is 61.2. The number of benzene rings is 1. The highest BCUT2D eigenvalue weighted by Gasteiger charge is 2.29. The number of rotatable bonds is 10. The number of pyridine rings is 2. The van der Waals surface area contributed by atoms with Gasteiger partial charge in [0.2, 0.25) is 5.09 Å². The van der Waals surface area contributed by atoms with Crippen molar-refractivity contribution < 1.29 is 35.9 Å². The molecule has 0 unspecified atom stereocenters. The van der Waals surface area contributed by atoms with E-state index in [-0.39, 0.29) is 23.2 Å². The highest BCUT2D eigenvalue weighted by molar-refractivity contribution is 7.92. The van der Waals surface area contributed by atoms with Gasteiger partial charge in [-0.3, -0.25) is 28.8 Å². The molecule has 2 N–H and O–H groups in total. The van der Waals surface area contributed by atoms with Crippen molar-refractivity contribution in [2.75, 3.05) is 4.72 Å². The number of ether oxygens (including phenoxy) is 1. The number of aromatic nitrogens is 4. The van der Waals surface area contributed by atoms with Gasteiger partial charge in [-0.2, -0.15) is 8.42 Å². The van der Waals surface area contributed by atoms with Gasteiger partial charge in [0.15, 0.2) is 0 Å². The van der Waals surface area contributed by atoms with Crippen LogP contribution in [-0.2, 0) is 33.0 Å². The van der Waals surface area contributed by atoms with Crippen LogP contribution in [0, 0.1) is 11.6 Å². The van der Waals surface area contributed by atoms with E-state index in [1.54, 1.807) is 0 Å². The van der Waals surface area contributed by atoms with Crippen molar-refractivity contribution >= 4 is 38.5 Å². The van der Waals surface area contributed by atoms with Crippen molar-refractivity contribution in [3.05, 3.63) is 111 Å². The molecule has 4 heterocycles. The molecule has 0 aliphatic heterocycles. The molecule has 6 rings (SSSR count). The number of esters is 1. The third-order valence-corrected chi connectivity index (χ3v) is 9.53. The molecule has 1 fully saturated rings. The zero-order valence-corrected chi connectivity index (χ0v) is 27.3. The van der Waals surface area contributed by atoms with Crippen LogP contribution in [-0.4, -0.2) is 51.5 Å². The maximum atomic E-state index is 15.2. The maximum Gasteiger partial charge on any atom is 0.335 e. The Morgan fingerprint density at radius 2 is 1.84 bits per heavy atom. The molecule has 0 spiro atoms. The van der Waals surface area contributed by atoms with Gasteiger partial charge in [-0.15, -0.1) is 0 Å². The SMILES string of the molecule is Cn1c(=O)n(-c2ccc(C[C@H](NC(=O)c3cc(F)c(NS(=O)(=O)c4ccco4)cc3F)C(=O)OC3CCCCC3)nc2)c(=O)c2ccncc21. The van der Waals surface area contributed by atoms with E-state index < -0.39 is 73.3 Å². The summed E-state index contributed by atoms with van der Waals surface area (Å²) in [6.07, 6.45) is 8.47. The summed E-state index contributed by atoms with van der Waals surface area (Å²) >= 11 is 0. The van der Waals surface area contributed by atoms with E-state index in [9.17, 15) is 27.6 Å². The molecule has 4 aromatic heterocycles. The Hall–Kier alpha value is -5.71. The van der Waals surface area contributed by atoms with Crippen LogP contribution in [0.25, 0.3) is 16.6 Å². The van der Waals surface area contributed by atoms with E-state index >= 15 is 8.78 Å². The van der Waals surface area contributed by atoms with Gasteiger partial charge in [0.25, 0.3) is 21.5 Å². The third-order valence-electron chi connectivity index (χ3n) is 8.28. The van der Waals surface area contributed by atoms with Crippen LogP contribution in [0.15, 0.2) is 86.4 Å². The van der Waals surface area contributed by atoms with E-state index in [4.69, 9.17) is 9.15 Å². The van der Waals surface area contributed by atoms with Gasteiger partial charge in [-0.25, -0.2) is 22.9 Å². The van der Waals surface area contributed by atoms with Crippen LogP contribution in [0.3, 0.4) is 0 Å². The summed E-state index contributed by atoms with van der Waals surface area (Å²) in [7, 11) is -2.89. The van der Waals surface area contributed by atoms with Gasteiger partial charge in [0.05, 0.1) is 46.5 Å². The predicted molar refractivity (Wildman–Crippen MR) is 174 cm³/mol. The number of hydrogen-bond donors (Lipinski definition) is 2. The molecule has 1 aliphatic carbocycles. The van der Waals surface area contributed by atoms with Gasteiger partial charge < -0.3 is 14.5 Å². The maximum absolute atomic E-state index is 15.2. The normalized spacial score (nSPS) is 14.3. The van der Waals surface area contributed by atoms with Crippen molar-refractivity contribution in [1.29, 1.82) is 0 Å². The zero-order valence-electron chi connectivity index (χ0n) is 26.5. The second-order valence-corrected chi connectivity index (χ2v) is 13.3. The zero-order chi connectivity index (χ0) is 35.6. The fourth-order valence-electron chi connectivity index (χ4n) is 5.67. The van der Waals surface area contributed by atoms with E-state index in [0.29, 0.717) is 30.5 Å². The Morgan fingerprint density at radius 1 is 1.06 bits per heavy atom. The van der Waals surface area contributed by atoms with Crippen molar-refractivity contribution in [3.63, 3.8) is 0 Å². The molecule has 17 heteroatoms. The third kappa shape index (κ3) is 7.03. The van der Waals surface area contributed by atoms with Crippen molar-refractivity contribution in [1.82, 2.24) is 24.4 Å². The Bertz CT molecular complexity index is 2300. The molecule has 1 saturated carbocycles. The van der Waals surface area contributed by atoms with E-state index in [1.807, 2.05) is 4.72 Å². The van der Waals surface area contributed by atoms with Crippen LogP contribution in [0.1, 0.15) is 48.2 Å². The summed E-state index contributed by atoms with van der Waals surface area (Å²) in [5.41, 5.74) is -2.07. The fourth-order valence-corrected chi connectivity index (χ4v) is 6.66. The van der Waals surface area contributed by atoms with Crippen molar-refractivity contribution in [3.8, 4) is 5.69 Å². The van der Waals surface area contributed by atoms with Crippen LogP contribution in [0.5, 0.6) is 0 Å². The molecule has 1 atom stereocenters. The monoisotopic (exact) mass is 708 g/mol. The van der Waals surface area contributed by atoms with Gasteiger partial charge >= 0.3 is 11.7 Å². The number of nitrogens with one attached hydrogen (secondary N) is 2. The van der Waals surface area contributed by atoms with Crippen molar-refractivity contribution in [2.45, 2.75) is 55.8 Å². The number of sulfonamides is 1. The lowest BCUT2D eigenvalue weighted by molar-refractivity contribution is -0.152. The molecular formula is C33H30F2N6O8S. The molecule has 0 radical (unpaired) electrons. The molecule has 0 bridgehead atoms. The first kappa shape index (κ1) is 34.2. The number of nitrogens with zero attached hydrogens (tertiary/aromatic N) is 4. The molecule has 14 nitrogen and oxygen atoms in total. The second-order valence-electron chi connectivity index (χ2n) is 11.7. The number of fused-ring (bicyclic) bond motifs is 1. The molecule has 1 amide bonds. The van der Waals surface area contributed by atoms with Crippen LogP contribution in [0.2, 0.25) is 0 Å². The highest BCUT2D eigenvalue weighted by Crippen LogP contribution is 2.24. The molecule has 0 saturated heterocycles. The van der Waals surface area contributed by atoms with Crippen LogP contribution in [0.4, 0.5) is 14.5 Å². The summed E-state index contributed by atoms with van der Waals surface area (Å²) in [5, 5.41) is 2.11. The minimum Gasteiger partial charge on any atom is -0.461 e. The molecular weight excluding hydrogens is 678 g/mol. The lowest BCUT2D eigenvalue weighted by atomic mass is 9.97. The minimum absolute atomic E-state index is 0.142. The number of hydrogen-bond acceptors (Lipinski definition) is 10. The Balaban J connectivity index is 1.25. The number of aryl methyl sites for hydroxylation is 1. The first-order valence-corrected chi connectivity index (χ1v) is 17.0. The molecule has 1 aliphatic rings. The van der Waals surface area contributed by atoms with E-state index in [1.165, 1.54) is 54.5 Å². The standard InChI is InChI=1S/C33H30F2N6O8S/c1-40-28-18-36-12-11-22(28)31(43)41(33(40)45)20-10-9-19(37-17-20)14-27(32(44)49-21-6-3-2-4-7-21)38-30(42)23-15-25(35)26(16-24(23)34)39-50(46,47)29-8-5-13-48-29/h5,8-13,15-18,21,27,39H,2-4,6-7,14H2,1H3,(H,38,42)/t27-/m0/s1. The Labute approximate surface area is 282 Å². The molecule has 260 valence electrons. The first-order chi connectivity index (χ1) is 23.9. The summed E-state index contributed by atoms with van der Waals surface area (Å²) < 4.78 is 69.6. The number of anilines is 1. The van der Waals surface area contributed by atoms with Gasteiger partial charge in [0.1, 0.15) is 23.8 Å². The minimum atomic E-state index is -4.39. The van der Waals surface area contributed by atoms with E-state index in [2.05, 4.69) is 15.3 Å². The lowest BCUT2D eigenvalue weighted by Crippen LogP contribution is -2.45. The van der Waals surface area contributed by atoms with Crippen LogP contribution < -0.4 is 21.3 Å². The highest BCUT2D eigenvalue weighted by atomic mass is 32.2. The quantitative estimate of drug-likeness (QED) is 0.204. The predicted octanol–water partition coefficient (Wildman–Crippen LogP) is 3.37. The summed E-state index contributed by atoms with van der Waals surface area (Å²) in [6, 6.07) is 6.37.